The van der Waals surface area contributed by atoms with E-state index in [0.29, 0.717) is 27.4 Å². The largest absolute Gasteiger partial charge is 0.280 e. The lowest BCUT2D eigenvalue weighted by atomic mass is 9.99. The van der Waals surface area contributed by atoms with E-state index in [-0.39, 0.29) is 17.1 Å². The molecule has 8 heteroatoms. The summed E-state index contributed by atoms with van der Waals surface area (Å²) in [4.78, 5) is 0.145. The lowest BCUT2D eigenvalue weighted by molar-refractivity contribution is 0.140. The van der Waals surface area contributed by atoms with Crippen molar-refractivity contribution in [2.24, 2.45) is 0 Å². The van der Waals surface area contributed by atoms with Crippen LogP contribution < -0.4 is 0 Å². The van der Waals surface area contributed by atoms with E-state index in [1.165, 1.54) is 16.8 Å². The minimum absolute atomic E-state index is 0.145. The van der Waals surface area contributed by atoms with Gasteiger partial charge >= 0.3 is 0 Å². The molecule has 1 heterocycles. The predicted molar refractivity (Wildman–Crippen MR) is 122 cm³/mol. The highest BCUT2D eigenvalue weighted by molar-refractivity contribution is 7.90. The van der Waals surface area contributed by atoms with Crippen LogP contribution in [0.15, 0.2) is 83.8 Å². The summed E-state index contributed by atoms with van der Waals surface area (Å²) >= 11 is 6.01. The van der Waals surface area contributed by atoms with E-state index in [0.717, 1.165) is 11.8 Å². The number of nitrogens with zero attached hydrogens (tertiary/aromatic N) is 2. The molecule has 4 nitrogen and oxygen atoms in total. The molecule has 3 aromatic carbocycles. The van der Waals surface area contributed by atoms with Crippen molar-refractivity contribution in [1.82, 2.24) is 9.78 Å². The molecule has 0 aliphatic heterocycles. The first-order valence-corrected chi connectivity index (χ1v) is 12.0. The molecule has 164 valence electrons. The van der Waals surface area contributed by atoms with Gasteiger partial charge in [-0.15, -0.1) is 0 Å². The molecule has 0 amide bonds. The molecule has 0 bridgehead atoms. The zero-order chi connectivity index (χ0) is 22.9. The summed E-state index contributed by atoms with van der Waals surface area (Å²) in [6.07, 6.45) is -1.66. The average molecular weight is 473 g/mol. The molecule has 0 spiro atoms. The van der Waals surface area contributed by atoms with Crippen LogP contribution in [-0.2, 0) is 16.4 Å². The molecular weight excluding hydrogens is 454 g/mol. The van der Waals surface area contributed by atoms with Gasteiger partial charge in [0.05, 0.1) is 11.4 Å². The minimum Gasteiger partial charge on any atom is -0.258 e. The Morgan fingerprint density at radius 2 is 1.50 bits per heavy atom. The second-order valence-corrected chi connectivity index (χ2v) is 9.81. The van der Waals surface area contributed by atoms with Crippen molar-refractivity contribution in [1.29, 1.82) is 0 Å². The van der Waals surface area contributed by atoms with Crippen molar-refractivity contribution < 1.29 is 17.2 Å². The molecule has 32 heavy (non-hydrogen) atoms. The third-order valence-corrected chi connectivity index (χ3v) is 6.44. The number of hydrogen-bond acceptors (Lipinski definition) is 3. The Labute approximate surface area is 190 Å². The van der Waals surface area contributed by atoms with Gasteiger partial charge in [-0.05, 0) is 35.4 Å². The van der Waals surface area contributed by atoms with Crippen LogP contribution in [0.3, 0.4) is 0 Å². The van der Waals surface area contributed by atoms with Gasteiger partial charge in [0.25, 0.3) is 6.43 Å². The summed E-state index contributed by atoms with van der Waals surface area (Å²) in [7, 11) is -3.39. The van der Waals surface area contributed by atoms with E-state index >= 15 is 0 Å². The summed E-state index contributed by atoms with van der Waals surface area (Å²) in [5.74, 6) is 0. The van der Waals surface area contributed by atoms with E-state index in [4.69, 9.17) is 11.6 Å². The van der Waals surface area contributed by atoms with Crippen LogP contribution in [-0.4, -0.2) is 24.5 Å². The van der Waals surface area contributed by atoms with Crippen LogP contribution in [0.5, 0.6) is 0 Å². The zero-order valence-corrected chi connectivity index (χ0v) is 18.6. The number of sulfone groups is 1. The van der Waals surface area contributed by atoms with Crippen molar-refractivity contribution in [3.63, 3.8) is 0 Å². The van der Waals surface area contributed by atoms with Crippen LogP contribution in [0.25, 0.3) is 22.4 Å². The van der Waals surface area contributed by atoms with Gasteiger partial charge < -0.3 is 0 Å². The molecule has 0 N–H and O–H groups in total. The Balaban J connectivity index is 1.93. The normalized spacial score (nSPS) is 11.8. The van der Waals surface area contributed by atoms with Crippen molar-refractivity contribution in [2.75, 3.05) is 6.26 Å². The first kappa shape index (κ1) is 22.2. The van der Waals surface area contributed by atoms with Crippen molar-refractivity contribution in [2.45, 2.75) is 17.9 Å². The molecule has 4 rings (SSSR count). The van der Waals surface area contributed by atoms with E-state index in [1.54, 1.807) is 36.4 Å². The summed E-state index contributed by atoms with van der Waals surface area (Å²) in [6.45, 7) is 0.169. The van der Waals surface area contributed by atoms with Gasteiger partial charge in [-0.25, -0.2) is 17.2 Å². The van der Waals surface area contributed by atoms with Crippen molar-refractivity contribution >= 4 is 21.4 Å². The Kier molecular flexibility index (Phi) is 6.13. The molecule has 0 atom stereocenters. The second kappa shape index (κ2) is 8.84. The second-order valence-electron chi connectivity index (χ2n) is 7.36. The van der Waals surface area contributed by atoms with E-state index in [2.05, 4.69) is 5.10 Å². The van der Waals surface area contributed by atoms with Crippen molar-refractivity contribution in [3.05, 3.63) is 95.1 Å². The maximum atomic E-state index is 14.3. The molecule has 0 unspecified atom stereocenters. The van der Waals surface area contributed by atoms with Gasteiger partial charge in [0.15, 0.2) is 9.84 Å². The van der Waals surface area contributed by atoms with E-state index in [9.17, 15) is 17.2 Å². The summed E-state index contributed by atoms with van der Waals surface area (Å²) in [6, 6.07) is 21.9. The van der Waals surface area contributed by atoms with Gasteiger partial charge in [0.2, 0.25) is 0 Å². The van der Waals surface area contributed by atoms with Crippen LogP contribution in [0.4, 0.5) is 8.78 Å². The van der Waals surface area contributed by atoms with Gasteiger partial charge in [-0.3, -0.25) is 4.68 Å². The maximum Gasteiger partial charge on any atom is 0.280 e. The van der Waals surface area contributed by atoms with Crippen LogP contribution >= 0.6 is 11.6 Å². The highest BCUT2D eigenvalue weighted by Gasteiger charge is 2.27. The summed E-state index contributed by atoms with van der Waals surface area (Å²) < 4.78 is 53.6. The zero-order valence-electron chi connectivity index (χ0n) is 17.0. The van der Waals surface area contributed by atoms with Gasteiger partial charge in [-0.2, -0.15) is 5.10 Å². The molecule has 0 aliphatic carbocycles. The Hall–Kier alpha value is -3.03. The quantitative estimate of drug-likeness (QED) is 0.333. The molecule has 0 saturated heterocycles. The molecule has 0 aliphatic rings. The SMILES string of the molecule is CS(=O)(=O)c1ccc(-c2nn(Cc3ccccc3)c(C(F)F)c2-c2ccc(Cl)cc2)cc1. The lowest BCUT2D eigenvalue weighted by Crippen LogP contribution is -2.07. The first-order valence-electron chi connectivity index (χ1n) is 9.73. The lowest BCUT2D eigenvalue weighted by Gasteiger charge is -2.10. The van der Waals surface area contributed by atoms with Crippen LogP contribution in [0.2, 0.25) is 5.02 Å². The van der Waals surface area contributed by atoms with E-state index < -0.39 is 16.3 Å². The third kappa shape index (κ3) is 4.59. The Bertz CT molecular complexity index is 1340. The van der Waals surface area contributed by atoms with E-state index in [1.807, 2.05) is 30.3 Å². The molecule has 0 radical (unpaired) electrons. The maximum absolute atomic E-state index is 14.3. The third-order valence-electron chi connectivity index (χ3n) is 5.06. The van der Waals surface area contributed by atoms with Crippen LogP contribution in [0, 0.1) is 0 Å². The highest BCUT2D eigenvalue weighted by atomic mass is 35.5. The first-order chi connectivity index (χ1) is 15.2. The number of rotatable bonds is 6. The number of hydrogen-bond donors (Lipinski definition) is 0. The summed E-state index contributed by atoms with van der Waals surface area (Å²) in [5.41, 5.74) is 2.34. The molecular formula is C24H19ClF2N2O2S. The summed E-state index contributed by atoms with van der Waals surface area (Å²) in [5, 5.41) is 5.03. The fourth-order valence-electron chi connectivity index (χ4n) is 3.54. The Morgan fingerprint density at radius 1 is 0.906 bits per heavy atom. The number of benzene rings is 3. The standard InChI is InChI=1S/C24H19ClF2N2O2S/c1-32(30,31)20-13-9-18(10-14-20)22-21(17-7-11-19(25)12-8-17)23(24(26)27)29(28-22)15-16-5-3-2-4-6-16/h2-14,24H,15H2,1H3. The van der Waals surface area contributed by atoms with Gasteiger partial charge in [-0.1, -0.05) is 66.2 Å². The minimum atomic E-state index is -3.39. The molecule has 0 saturated carbocycles. The van der Waals surface area contributed by atoms with Gasteiger partial charge in [0, 0.05) is 22.4 Å². The fraction of sp³-hybridized carbons (Fsp3) is 0.125. The molecule has 4 aromatic rings. The average Bonchev–Trinajstić information content (AvgIpc) is 3.14. The highest BCUT2D eigenvalue weighted by Crippen LogP contribution is 2.40. The number of alkyl halides is 2. The number of halogens is 3. The molecule has 1 aromatic heterocycles. The Morgan fingerprint density at radius 3 is 2.06 bits per heavy atom. The predicted octanol–water partition coefficient (Wildman–Crippen LogP) is 6.26. The number of aromatic nitrogens is 2. The smallest absolute Gasteiger partial charge is 0.258 e. The topological polar surface area (TPSA) is 52.0 Å². The molecule has 0 fully saturated rings. The van der Waals surface area contributed by atoms with Gasteiger partial charge in [0.1, 0.15) is 11.4 Å². The fourth-order valence-corrected chi connectivity index (χ4v) is 4.29. The monoisotopic (exact) mass is 472 g/mol. The van der Waals surface area contributed by atoms with Crippen LogP contribution in [0.1, 0.15) is 17.7 Å². The van der Waals surface area contributed by atoms with Crippen molar-refractivity contribution in [3.8, 4) is 22.4 Å².